The lowest BCUT2D eigenvalue weighted by Crippen LogP contribution is -2.50. The molecule has 1 aliphatic heterocycles. The van der Waals surface area contributed by atoms with Crippen molar-refractivity contribution in [3.05, 3.63) is 35.4 Å². The molecule has 0 aromatic heterocycles. The largest absolute Gasteiger partial charge is 0.479 e. The fourth-order valence-electron chi connectivity index (χ4n) is 2.55. The number of carbonyl (C=O) groups excluding carboxylic acids is 1. The first kappa shape index (κ1) is 14.9. The van der Waals surface area contributed by atoms with Crippen molar-refractivity contribution in [2.24, 2.45) is 0 Å². The van der Waals surface area contributed by atoms with E-state index < -0.39 is 18.0 Å². The molecule has 0 aliphatic carbocycles. The second kappa shape index (κ2) is 6.31. The van der Waals surface area contributed by atoms with Gasteiger partial charge in [-0.05, 0) is 24.0 Å². The molecule has 0 bridgehead atoms. The van der Waals surface area contributed by atoms with E-state index in [0.717, 1.165) is 5.56 Å². The number of carboxylic acids is 1. The first-order valence-corrected chi connectivity index (χ1v) is 6.92. The lowest BCUT2D eigenvalue weighted by atomic mass is 9.93. The Balaban J connectivity index is 2.27. The van der Waals surface area contributed by atoms with Gasteiger partial charge in [0.15, 0.2) is 6.04 Å². The molecule has 2 unspecified atom stereocenters. The van der Waals surface area contributed by atoms with Crippen molar-refractivity contribution in [2.45, 2.75) is 31.8 Å². The lowest BCUT2D eigenvalue weighted by Gasteiger charge is -2.35. The molecule has 110 valence electrons. The fraction of sp³-hybridized carbons (Fsp3) is 0.375. The molecular weight excluding hydrogens is 268 g/mol. The molecule has 2 N–H and O–H groups in total. The van der Waals surface area contributed by atoms with Gasteiger partial charge in [-0.25, -0.2) is 9.59 Å². The first-order valence-electron chi connectivity index (χ1n) is 6.92. The highest BCUT2D eigenvalue weighted by Crippen LogP contribution is 2.29. The van der Waals surface area contributed by atoms with Crippen molar-refractivity contribution >= 4 is 12.0 Å². The molecule has 0 saturated carbocycles. The first-order chi connectivity index (χ1) is 10.1. The van der Waals surface area contributed by atoms with Crippen LogP contribution in [0.3, 0.4) is 0 Å². The van der Waals surface area contributed by atoms with Gasteiger partial charge in [0.2, 0.25) is 0 Å². The highest BCUT2D eigenvalue weighted by atomic mass is 16.4. The van der Waals surface area contributed by atoms with Crippen molar-refractivity contribution in [3.8, 4) is 12.3 Å². The zero-order valence-electron chi connectivity index (χ0n) is 11.9. The van der Waals surface area contributed by atoms with Crippen molar-refractivity contribution in [2.75, 3.05) is 6.54 Å². The van der Waals surface area contributed by atoms with Crippen molar-refractivity contribution in [1.29, 1.82) is 0 Å². The predicted molar refractivity (Wildman–Crippen MR) is 78.7 cm³/mol. The molecule has 2 atom stereocenters. The normalized spacial score (nSPS) is 18.3. The van der Waals surface area contributed by atoms with Crippen LogP contribution in [0.2, 0.25) is 0 Å². The van der Waals surface area contributed by atoms with E-state index in [1.807, 2.05) is 19.1 Å². The van der Waals surface area contributed by atoms with Crippen LogP contribution in [0.15, 0.2) is 24.3 Å². The summed E-state index contributed by atoms with van der Waals surface area (Å²) < 4.78 is 0. The van der Waals surface area contributed by atoms with Gasteiger partial charge in [0.25, 0.3) is 0 Å². The number of aliphatic carboxylic acids is 1. The number of fused-ring (bicyclic) bond motifs is 1. The minimum absolute atomic E-state index is 0.362. The zero-order valence-corrected chi connectivity index (χ0v) is 11.9. The second-order valence-electron chi connectivity index (χ2n) is 4.96. The summed E-state index contributed by atoms with van der Waals surface area (Å²) in [4.78, 5) is 25.2. The minimum Gasteiger partial charge on any atom is -0.479 e. The zero-order chi connectivity index (χ0) is 15.4. The molecule has 0 radical (unpaired) electrons. The molecule has 0 fully saturated rings. The van der Waals surface area contributed by atoms with Crippen molar-refractivity contribution < 1.29 is 14.7 Å². The number of carbonyl (C=O) groups is 2. The van der Waals surface area contributed by atoms with E-state index in [4.69, 9.17) is 6.42 Å². The van der Waals surface area contributed by atoms with Crippen molar-refractivity contribution in [1.82, 2.24) is 10.2 Å². The standard InChI is InChI=1S/C16H18N2O3/c1-3-12(4-2)17-16(21)18-10-9-11-7-5-6-8-13(11)14(18)15(19)20/h1,5-8,12,14H,4,9-10H2,2H3,(H,17,21)(H,19,20). The number of carboxylic acid groups (broad SMARTS) is 1. The Morgan fingerprint density at radius 2 is 2.24 bits per heavy atom. The maximum Gasteiger partial charge on any atom is 0.331 e. The SMILES string of the molecule is C#CC(CC)NC(=O)N1CCc2ccccc2C1C(=O)O. The van der Waals surface area contributed by atoms with Crippen LogP contribution in [0.5, 0.6) is 0 Å². The Labute approximate surface area is 124 Å². The Morgan fingerprint density at radius 3 is 2.86 bits per heavy atom. The molecule has 0 spiro atoms. The number of hydrogen-bond donors (Lipinski definition) is 2. The minimum atomic E-state index is -1.04. The third-order valence-corrected chi connectivity index (χ3v) is 3.69. The fourth-order valence-corrected chi connectivity index (χ4v) is 2.55. The number of terminal acetylenes is 1. The maximum absolute atomic E-state index is 12.3. The van der Waals surface area contributed by atoms with Gasteiger partial charge >= 0.3 is 12.0 Å². The monoisotopic (exact) mass is 286 g/mol. The van der Waals surface area contributed by atoms with E-state index in [0.29, 0.717) is 24.9 Å². The summed E-state index contributed by atoms with van der Waals surface area (Å²) in [6.45, 7) is 2.23. The van der Waals surface area contributed by atoms with Gasteiger partial charge in [0, 0.05) is 6.54 Å². The Bertz CT molecular complexity index is 591. The van der Waals surface area contributed by atoms with E-state index in [-0.39, 0.29) is 6.04 Å². The highest BCUT2D eigenvalue weighted by Gasteiger charge is 2.36. The van der Waals surface area contributed by atoms with Crippen LogP contribution >= 0.6 is 0 Å². The highest BCUT2D eigenvalue weighted by molar-refractivity contribution is 5.85. The maximum atomic E-state index is 12.3. The topological polar surface area (TPSA) is 69.6 Å². The summed E-state index contributed by atoms with van der Waals surface area (Å²) >= 11 is 0. The Morgan fingerprint density at radius 1 is 1.52 bits per heavy atom. The van der Waals surface area contributed by atoms with Crippen LogP contribution in [0.4, 0.5) is 4.79 Å². The second-order valence-corrected chi connectivity index (χ2v) is 4.96. The van der Waals surface area contributed by atoms with Gasteiger partial charge in [0.1, 0.15) is 0 Å². The summed E-state index contributed by atoms with van der Waals surface area (Å²) in [5.41, 5.74) is 1.64. The van der Waals surface area contributed by atoms with E-state index in [1.165, 1.54) is 4.90 Å². The molecule has 5 nitrogen and oxygen atoms in total. The number of benzene rings is 1. The molecule has 1 aromatic carbocycles. The summed E-state index contributed by atoms with van der Waals surface area (Å²) in [6, 6.07) is 5.53. The molecule has 1 aliphatic rings. The molecule has 5 heteroatoms. The molecule has 2 amide bonds. The van der Waals surface area contributed by atoms with Crippen LogP contribution in [0, 0.1) is 12.3 Å². The van der Waals surface area contributed by atoms with Crippen molar-refractivity contribution in [3.63, 3.8) is 0 Å². The molecule has 21 heavy (non-hydrogen) atoms. The molecule has 2 rings (SSSR count). The summed E-state index contributed by atoms with van der Waals surface area (Å²) in [6.07, 6.45) is 6.57. The van der Waals surface area contributed by atoms with Gasteiger partial charge in [0.05, 0.1) is 6.04 Å². The number of hydrogen-bond acceptors (Lipinski definition) is 2. The summed E-state index contributed by atoms with van der Waals surface area (Å²) in [5, 5.41) is 12.2. The quantitative estimate of drug-likeness (QED) is 0.832. The number of urea groups is 1. The molecular formula is C16H18N2O3. The Hall–Kier alpha value is -2.48. The summed E-state index contributed by atoms with van der Waals surface area (Å²) in [5.74, 6) is 1.44. The van der Waals surface area contributed by atoms with Gasteiger partial charge in [-0.15, -0.1) is 6.42 Å². The van der Waals surface area contributed by atoms with E-state index in [2.05, 4.69) is 11.2 Å². The van der Waals surface area contributed by atoms with Crippen LogP contribution in [-0.2, 0) is 11.2 Å². The number of amides is 2. The van der Waals surface area contributed by atoms with E-state index >= 15 is 0 Å². The summed E-state index contributed by atoms with van der Waals surface area (Å²) in [7, 11) is 0. The smallest absolute Gasteiger partial charge is 0.331 e. The molecule has 0 saturated heterocycles. The number of rotatable bonds is 3. The van der Waals surface area contributed by atoms with Crippen LogP contribution < -0.4 is 5.32 Å². The van der Waals surface area contributed by atoms with Crippen LogP contribution in [0.25, 0.3) is 0 Å². The average molecular weight is 286 g/mol. The average Bonchev–Trinajstić information content (AvgIpc) is 2.50. The van der Waals surface area contributed by atoms with Gasteiger partial charge in [-0.2, -0.15) is 0 Å². The lowest BCUT2D eigenvalue weighted by molar-refractivity contribution is -0.142. The number of nitrogens with one attached hydrogen (secondary N) is 1. The predicted octanol–water partition coefficient (Wildman–Crippen LogP) is 1.79. The van der Waals surface area contributed by atoms with Crippen LogP contribution in [0.1, 0.15) is 30.5 Å². The van der Waals surface area contributed by atoms with Gasteiger partial charge < -0.3 is 15.3 Å². The van der Waals surface area contributed by atoms with Crippen LogP contribution in [-0.4, -0.2) is 34.6 Å². The molecule has 1 heterocycles. The van der Waals surface area contributed by atoms with E-state index in [9.17, 15) is 14.7 Å². The third kappa shape index (κ3) is 3.00. The third-order valence-electron chi connectivity index (χ3n) is 3.69. The molecule has 1 aromatic rings. The Kier molecular flexibility index (Phi) is 4.49. The van der Waals surface area contributed by atoms with Gasteiger partial charge in [-0.3, -0.25) is 0 Å². The van der Waals surface area contributed by atoms with Gasteiger partial charge in [-0.1, -0.05) is 37.1 Å². The van der Waals surface area contributed by atoms with E-state index in [1.54, 1.807) is 12.1 Å². The number of nitrogens with zero attached hydrogens (tertiary/aromatic N) is 1.